The Hall–Kier alpha value is -0.0551. The van der Waals surface area contributed by atoms with E-state index < -0.39 is 6.10 Å². The summed E-state index contributed by atoms with van der Waals surface area (Å²) in [4.78, 5) is 0. The van der Waals surface area contributed by atoms with Crippen LogP contribution < -0.4 is 0 Å². The van der Waals surface area contributed by atoms with Gasteiger partial charge in [-0.2, -0.15) is 0 Å². The van der Waals surface area contributed by atoms with Crippen LogP contribution >= 0.6 is 0 Å². The lowest BCUT2D eigenvalue weighted by Gasteiger charge is -2.02. The van der Waals surface area contributed by atoms with Crippen LogP contribution in [0.15, 0.2) is 0 Å². The first-order valence-corrected chi connectivity index (χ1v) is 2.09. The highest BCUT2D eigenvalue weighted by Gasteiger charge is 1.96. The first-order valence-electron chi connectivity index (χ1n) is 2.09. The third-order valence-electron chi connectivity index (χ3n) is 0.570. The van der Waals surface area contributed by atoms with E-state index in [1.807, 2.05) is 0 Å². The molecule has 0 aliphatic heterocycles. The van der Waals surface area contributed by atoms with Crippen LogP contribution in [0.2, 0.25) is 0 Å². The summed E-state index contributed by atoms with van der Waals surface area (Å²) in [6.45, 7) is -0.0235. The third-order valence-corrected chi connectivity index (χ3v) is 0.570. The number of aliphatic hydroxyl groups excluding tert-OH is 2. The molecule has 0 radical (unpaired) electrons. The molecule has 42 valence electrons. The molecule has 0 saturated heterocycles. The van der Waals surface area contributed by atoms with E-state index in [0.29, 0.717) is 0 Å². The molecule has 0 rings (SSSR count). The predicted octanol–water partition coefficient (Wildman–Crippen LogP) is -2.10. The van der Waals surface area contributed by atoms with Gasteiger partial charge in [-0.05, 0) is 0 Å². The van der Waals surface area contributed by atoms with Crippen LogP contribution in [0.25, 0.3) is 0 Å². The van der Waals surface area contributed by atoms with Crippen LogP contribution in [0.1, 0.15) is 0 Å². The standard InChI is InChI=1S/C3H9BO3/c4-7-2-3(6)1-5/h3,5-6H,1-2,4H2. The molecule has 3 nitrogen and oxygen atoms in total. The van der Waals surface area contributed by atoms with Crippen molar-refractivity contribution in [3.05, 3.63) is 0 Å². The summed E-state index contributed by atoms with van der Waals surface area (Å²) < 4.78 is 4.48. The minimum absolute atomic E-state index is 0.205. The minimum atomic E-state index is -0.718. The largest absolute Gasteiger partial charge is 0.441 e. The van der Waals surface area contributed by atoms with Crippen molar-refractivity contribution in [2.45, 2.75) is 6.10 Å². The maximum Gasteiger partial charge on any atom is 0.257 e. The number of aliphatic hydroxyl groups is 2. The maximum absolute atomic E-state index is 8.48. The van der Waals surface area contributed by atoms with E-state index in [0.717, 1.165) is 0 Å². The van der Waals surface area contributed by atoms with E-state index in [1.165, 1.54) is 8.05 Å². The molecular weight excluding hydrogens is 94.8 g/mol. The van der Waals surface area contributed by atoms with Gasteiger partial charge in [-0.15, -0.1) is 0 Å². The summed E-state index contributed by atoms with van der Waals surface area (Å²) in [7, 11) is 1.47. The lowest BCUT2D eigenvalue weighted by molar-refractivity contribution is 0.0565. The van der Waals surface area contributed by atoms with Gasteiger partial charge in [0.25, 0.3) is 8.05 Å². The van der Waals surface area contributed by atoms with E-state index in [9.17, 15) is 0 Å². The average Bonchev–Trinajstić information content (AvgIpc) is 1.68. The predicted molar refractivity (Wildman–Crippen MR) is 27.6 cm³/mol. The molecule has 0 aromatic heterocycles. The Morgan fingerprint density at radius 1 is 1.71 bits per heavy atom. The van der Waals surface area contributed by atoms with Gasteiger partial charge in [0.1, 0.15) is 0 Å². The molecule has 1 atom stereocenters. The van der Waals surface area contributed by atoms with Gasteiger partial charge in [0.15, 0.2) is 0 Å². The van der Waals surface area contributed by atoms with Gasteiger partial charge in [-0.3, -0.25) is 0 Å². The van der Waals surface area contributed by atoms with Crippen molar-refractivity contribution in [3.8, 4) is 0 Å². The normalized spacial score (nSPS) is 14.0. The van der Waals surface area contributed by atoms with Gasteiger partial charge < -0.3 is 14.9 Å². The van der Waals surface area contributed by atoms with E-state index in [4.69, 9.17) is 10.2 Å². The Kier molecular flexibility index (Phi) is 4.08. The second kappa shape index (κ2) is 4.11. The number of rotatable bonds is 3. The molecule has 4 heteroatoms. The Bertz CT molecular complexity index is 41.2. The summed E-state index contributed by atoms with van der Waals surface area (Å²) in [6.07, 6.45) is -0.718. The molecule has 1 unspecified atom stereocenters. The molecule has 0 saturated carbocycles. The second-order valence-corrected chi connectivity index (χ2v) is 1.29. The topological polar surface area (TPSA) is 49.7 Å². The lowest BCUT2D eigenvalue weighted by atomic mass is 10.4. The Labute approximate surface area is 43.4 Å². The van der Waals surface area contributed by atoms with Crippen molar-refractivity contribution in [1.29, 1.82) is 0 Å². The quantitative estimate of drug-likeness (QED) is 0.403. The molecule has 0 aromatic carbocycles. The molecule has 0 fully saturated rings. The fourth-order valence-corrected chi connectivity index (χ4v) is 0.245. The lowest BCUT2D eigenvalue weighted by Crippen LogP contribution is -2.18. The van der Waals surface area contributed by atoms with Gasteiger partial charge in [0.05, 0.1) is 19.3 Å². The van der Waals surface area contributed by atoms with Crippen LogP contribution in [0, 0.1) is 0 Å². The SMILES string of the molecule is BOCC(O)CO. The fraction of sp³-hybridized carbons (Fsp3) is 1.00. The molecule has 0 aromatic rings. The van der Waals surface area contributed by atoms with E-state index >= 15 is 0 Å². The number of hydrogen-bond donors (Lipinski definition) is 2. The van der Waals surface area contributed by atoms with Gasteiger partial charge in [-0.1, -0.05) is 0 Å². The Balaban J connectivity index is 2.83. The van der Waals surface area contributed by atoms with E-state index in [1.54, 1.807) is 0 Å². The van der Waals surface area contributed by atoms with Crippen molar-refractivity contribution in [1.82, 2.24) is 0 Å². The second-order valence-electron chi connectivity index (χ2n) is 1.29. The van der Waals surface area contributed by atoms with Crippen molar-refractivity contribution in [2.75, 3.05) is 13.2 Å². The first kappa shape index (κ1) is 6.94. The molecule has 0 spiro atoms. The van der Waals surface area contributed by atoms with Crippen LogP contribution in [-0.4, -0.2) is 37.6 Å². The molecule has 0 aliphatic carbocycles. The van der Waals surface area contributed by atoms with Gasteiger partial charge in [-0.25, -0.2) is 0 Å². The average molecular weight is 104 g/mol. The van der Waals surface area contributed by atoms with Gasteiger partial charge in [0.2, 0.25) is 0 Å². The molecular formula is C3H9BO3. The zero-order chi connectivity index (χ0) is 5.70. The third kappa shape index (κ3) is 3.78. The zero-order valence-corrected chi connectivity index (χ0v) is 4.29. The highest BCUT2D eigenvalue weighted by atomic mass is 16.4. The van der Waals surface area contributed by atoms with Crippen molar-refractivity contribution < 1.29 is 14.9 Å². The highest BCUT2D eigenvalue weighted by molar-refractivity contribution is 5.97. The van der Waals surface area contributed by atoms with Crippen LogP contribution in [-0.2, 0) is 4.65 Å². The summed E-state index contributed by atoms with van der Waals surface area (Å²) in [6, 6.07) is 0. The first-order chi connectivity index (χ1) is 3.31. The van der Waals surface area contributed by atoms with Crippen LogP contribution in [0.5, 0.6) is 0 Å². The monoisotopic (exact) mass is 104 g/mol. The maximum atomic E-state index is 8.48. The van der Waals surface area contributed by atoms with Crippen LogP contribution in [0.4, 0.5) is 0 Å². The van der Waals surface area contributed by atoms with Gasteiger partial charge in [0, 0.05) is 0 Å². The Morgan fingerprint density at radius 2 is 2.29 bits per heavy atom. The minimum Gasteiger partial charge on any atom is -0.441 e. The van der Waals surface area contributed by atoms with Crippen molar-refractivity contribution in [3.63, 3.8) is 0 Å². The van der Waals surface area contributed by atoms with E-state index in [-0.39, 0.29) is 13.2 Å². The fourth-order valence-electron chi connectivity index (χ4n) is 0.245. The molecule has 0 amide bonds. The number of hydrogen-bond acceptors (Lipinski definition) is 3. The summed E-state index contributed by atoms with van der Waals surface area (Å²) in [5, 5.41) is 16.6. The van der Waals surface area contributed by atoms with E-state index in [2.05, 4.69) is 4.65 Å². The van der Waals surface area contributed by atoms with Gasteiger partial charge >= 0.3 is 0 Å². The van der Waals surface area contributed by atoms with Crippen molar-refractivity contribution in [2.24, 2.45) is 0 Å². The molecule has 0 aliphatic rings. The summed E-state index contributed by atoms with van der Waals surface area (Å²) in [5.74, 6) is 0. The van der Waals surface area contributed by atoms with Crippen molar-refractivity contribution >= 4 is 8.05 Å². The molecule has 7 heavy (non-hydrogen) atoms. The molecule has 0 heterocycles. The molecule has 0 bridgehead atoms. The van der Waals surface area contributed by atoms with Crippen LogP contribution in [0.3, 0.4) is 0 Å². The zero-order valence-electron chi connectivity index (χ0n) is 4.29. The summed E-state index contributed by atoms with van der Waals surface area (Å²) in [5.41, 5.74) is 0. The highest BCUT2D eigenvalue weighted by Crippen LogP contribution is 1.77. The molecule has 2 N–H and O–H groups in total. The smallest absolute Gasteiger partial charge is 0.257 e. The summed E-state index contributed by atoms with van der Waals surface area (Å²) >= 11 is 0. The Morgan fingerprint density at radius 3 is 2.43 bits per heavy atom.